The quantitative estimate of drug-likeness (QED) is 0.610. The summed E-state index contributed by atoms with van der Waals surface area (Å²) in [6, 6.07) is 0. The summed E-state index contributed by atoms with van der Waals surface area (Å²) in [5.74, 6) is 0. The summed E-state index contributed by atoms with van der Waals surface area (Å²) in [6.45, 7) is 5.66. The van der Waals surface area contributed by atoms with E-state index in [4.69, 9.17) is 14.2 Å². The molecule has 0 heterocycles. The molecule has 0 radical (unpaired) electrons. The van der Waals surface area contributed by atoms with Gasteiger partial charge in [-0.1, -0.05) is 0 Å². The summed E-state index contributed by atoms with van der Waals surface area (Å²) in [7, 11) is 1.55. The van der Waals surface area contributed by atoms with Gasteiger partial charge in [0, 0.05) is 7.11 Å². The van der Waals surface area contributed by atoms with Crippen molar-refractivity contribution in [1.82, 2.24) is 0 Å². The summed E-state index contributed by atoms with van der Waals surface area (Å²) in [5, 5.41) is 0. The molecule has 0 bridgehead atoms. The average Bonchev–Trinajstić information content (AvgIpc) is 1.84. The fourth-order valence-corrected chi connectivity index (χ4v) is 0.653. The van der Waals surface area contributed by atoms with Crippen molar-refractivity contribution in [3.05, 3.63) is 0 Å². The third kappa shape index (κ3) is 5.97. The molecule has 12 heavy (non-hydrogen) atoms. The SMILES string of the molecule is COCC(C)OC(=O)OC(C)C. The van der Waals surface area contributed by atoms with Crippen LogP contribution in [0.1, 0.15) is 20.8 Å². The minimum atomic E-state index is -0.644. The first-order valence-electron chi connectivity index (χ1n) is 3.92. The zero-order chi connectivity index (χ0) is 9.56. The van der Waals surface area contributed by atoms with Crippen LogP contribution in [0.5, 0.6) is 0 Å². The molecular formula is C8H16O4. The number of carbonyl (C=O) groups excluding carboxylic acids is 1. The van der Waals surface area contributed by atoms with Gasteiger partial charge in [0.05, 0.1) is 12.7 Å². The number of carbonyl (C=O) groups is 1. The maximum atomic E-state index is 10.8. The van der Waals surface area contributed by atoms with Crippen molar-refractivity contribution in [3.8, 4) is 0 Å². The topological polar surface area (TPSA) is 44.8 Å². The Morgan fingerprint density at radius 1 is 1.25 bits per heavy atom. The lowest BCUT2D eigenvalue weighted by Gasteiger charge is -2.13. The van der Waals surface area contributed by atoms with Crippen molar-refractivity contribution in [3.63, 3.8) is 0 Å². The number of hydrogen-bond donors (Lipinski definition) is 0. The number of ether oxygens (including phenoxy) is 3. The molecule has 1 unspecified atom stereocenters. The van der Waals surface area contributed by atoms with Crippen LogP contribution in [0, 0.1) is 0 Å². The van der Waals surface area contributed by atoms with Gasteiger partial charge in [0.25, 0.3) is 0 Å². The normalized spacial score (nSPS) is 12.8. The molecule has 0 rings (SSSR count). The molecule has 0 aromatic heterocycles. The molecule has 0 spiro atoms. The van der Waals surface area contributed by atoms with Crippen LogP contribution in [-0.4, -0.2) is 32.1 Å². The van der Waals surface area contributed by atoms with Crippen molar-refractivity contribution in [2.75, 3.05) is 13.7 Å². The van der Waals surface area contributed by atoms with Crippen LogP contribution in [0.2, 0.25) is 0 Å². The molecule has 0 fully saturated rings. The Morgan fingerprint density at radius 3 is 2.25 bits per heavy atom. The van der Waals surface area contributed by atoms with Gasteiger partial charge in [0.1, 0.15) is 6.10 Å². The van der Waals surface area contributed by atoms with E-state index in [1.165, 1.54) is 0 Å². The zero-order valence-electron chi connectivity index (χ0n) is 7.99. The lowest BCUT2D eigenvalue weighted by Crippen LogP contribution is -2.22. The molecule has 0 aliphatic carbocycles. The van der Waals surface area contributed by atoms with Crippen LogP contribution in [0.3, 0.4) is 0 Å². The zero-order valence-corrected chi connectivity index (χ0v) is 7.99. The summed E-state index contributed by atoms with van der Waals surface area (Å²) < 4.78 is 14.3. The van der Waals surface area contributed by atoms with Crippen LogP contribution in [0.15, 0.2) is 0 Å². The standard InChI is InChI=1S/C8H16O4/c1-6(2)11-8(9)12-7(3)5-10-4/h6-7H,5H2,1-4H3. The third-order valence-corrected chi connectivity index (χ3v) is 1.03. The largest absolute Gasteiger partial charge is 0.508 e. The molecule has 0 saturated carbocycles. The summed E-state index contributed by atoms with van der Waals surface area (Å²) in [6.07, 6.45) is -1.05. The van der Waals surface area contributed by atoms with Gasteiger partial charge in [0.2, 0.25) is 0 Å². The predicted octanol–water partition coefficient (Wildman–Crippen LogP) is 1.58. The summed E-state index contributed by atoms with van der Waals surface area (Å²) >= 11 is 0. The Balaban J connectivity index is 3.54. The van der Waals surface area contributed by atoms with E-state index < -0.39 is 6.16 Å². The summed E-state index contributed by atoms with van der Waals surface area (Å²) in [4.78, 5) is 10.8. The van der Waals surface area contributed by atoms with Crippen LogP contribution in [0.4, 0.5) is 4.79 Å². The number of methoxy groups -OCH3 is 1. The maximum Gasteiger partial charge on any atom is 0.508 e. The van der Waals surface area contributed by atoms with Gasteiger partial charge >= 0.3 is 6.16 Å². The monoisotopic (exact) mass is 176 g/mol. The first kappa shape index (κ1) is 11.2. The van der Waals surface area contributed by atoms with Crippen LogP contribution in [-0.2, 0) is 14.2 Å². The molecule has 72 valence electrons. The minimum Gasteiger partial charge on any atom is -0.432 e. The van der Waals surface area contributed by atoms with E-state index in [0.29, 0.717) is 6.61 Å². The number of rotatable bonds is 4. The van der Waals surface area contributed by atoms with Crippen molar-refractivity contribution in [1.29, 1.82) is 0 Å². The fourth-order valence-electron chi connectivity index (χ4n) is 0.653. The van der Waals surface area contributed by atoms with Crippen molar-refractivity contribution in [2.45, 2.75) is 33.0 Å². The molecule has 0 aromatic rings. The second kappa shape index (κ2) is 5.83. The van der Waals surface area contributed by atoms with E-state index in [-0.39, 0.29) is 12.2 Å². The highest BCUT2D eigenvalue weighted by atomic mass is 16.7. The molecule has 0 aromatic carbocycles. The lowest BCUT2D eigenvalue weighted by atomic mass is 10.4. The van der Waals surface area contributed by atoms with E-state index in [1.807, 2.05) is 0 Å². The van der Waals surface area contributed by atoms with E-state index >= 15 is 0 Å². The first-order valence-corrected chi connectivity index (χ1v) is 3.92. The molecule has 0 aliphatic rings. The van der Waals surface area contributed by atoms with Gasteiger partial charge in [-0.05, 0) is 20.8 Å². The van der Waals surface area contributed by atoms with E-state index in [1.54, 1.807) is 27.9 Å². The van der Waals surface area contributed by atoms with Crippen molar-refractivity contribution >= 4 is 6.16 Å². The van der Waals surface area contributed by atoms with Gasteiger partial charge < -0.3 is 14.2 Å². The Hall–Kier alpha value is -0.770. The molecular weight excluding hydrogens is 160 g/mol. The molecule has 0 saturated heterocycles. The Bertz CT molecular complexity index is 133. The average molecular weight is 176 g/mol. The Morgan fingerprint density at radius 2 is 1.83 bits per heavy atom. The van der Waals surface area contributed by atoms with Crippen molar-refractivity contribution in [2.24, 2.45) is 0 Å². The molecule has 4 heteroatoms. The lowest BCUT2D eigenvalue weighted by molar-refractivity contribution is -0.0108. The number of hydrogen-bond acceptors (Lipinski definition) is 4. The van der Waals surface area contributed by atoms with E-state index in [0.717, 1.165) is 0 Å². The predicted molar refractivity (Wildman–Crippen MR) is 44.0 cm³/mol. The molecule has 0 aliphatic heterocycles. The van der Waals surface area contributed by atoms with Gasteiger partial charge in [-0.25, -0.2) is 4.79 Å². The highest BCUT2D eigenvalue weighted by molar-refractivity contribution is 5.60. The van der Waals surface area contributed by atoms with Crippen LogP contribution in [0.25, 0.3) is 0 Å². The fraction of sp³-hybridized carbons (Fsp3) is 0.875. The van der Waals surface area contributed by atoms with Gasteiger partial charge in [-0.15, -0.1) is 0 Å². The Kier molecular flexibility index (Phi) is 5.45. The van der Waals surface area contributed by atoms with Crippen LogP contribution >= 0.6 is 0 Å². The second-order valence-corrected chi connectivity index (χ2v) is 2.80. The van der Waals surface area contributed by atoms with Gasteiger partial charge in [-0.2, -0.15) is 0 Å². The Labute approximate surface area is 72.8 Å². The van der Waals surface area contributed by atoms with Crippen LogP contribution < -0.4 is 0 Å². The second-order valence-electron chi connectivity index (χ2n) is 2.80. The molecule has 0 amide bonds. The molecule has 4 nitrogen and oxygen atoms in total. The van der Waals surface area contributed by atoms with Gasteiger partial charge in [-0.3, -0.25) is 0 Å². The molecule has 0 N–H and O–H groups in total. The third-order valence-electron chi connectivity index (χ3n) is 1.03. The van der Waals surface area contributed by atoms with E-state index in [9.17, 15) is 4.79 Å². The van der Waals surface area contributed by atoms with E-state index in [2.05, 4.69) is 0 Å². The smallest absolute Gasteiger partial charge is 0.432 e. The minimum absolute atomic E-state index is 0.146. The summed E-state index contributed by atoms with van der Waals surface area (Å²) in [5.41, 5.74) is 0. The highest BCUT2D eigenvalue weighted by Gasteiger charge is 2.11. The van der Waals surface area contributed by atoms with Crippen molar-refractivity contribution < 1.29 is 19.0 Å². The highest BCUT2D eigenvalue weighted by Crippen LogP contribution is 1.97. The molecule has 1 atom stereocenters. The first-order chi connectivity index (χ1) is 5.56. The van der Waals surface area contributed by atoms with Gasteiger partial charge in [0.15, 0.2) is 0 Å². The maximum absolute atomic E-state index is 10.8.